The van der Waals surface area contributed by atoms with Gasteiger partial charge in [-0.25, -0.2) is 14.4 Å². The van der Waals surface area contributed by atoms with Crippen LogP contribution in [0.2, 0.25) is 0 Å². The summed E-state index contributed by atoms with van der Waals surface area (Å²) < 4.78 is 25.3. The summed E-state index contributed by atoms with van der Waals surface area (Å²) in [5.41, 5.74) is 2.23. The van der Waals surface area contributed by atoms with Crippen LogP contribution in [0.3, 0.4) is 0 Å². The van der Waals surface area contributed by atoms with Crippen LogP contribution in [0.1, 0.15) is 23.6 Å². The van der Waals surface area contributed by atoms with Crippen LogP contribution < -0.4 is 5.56 Å². The van der Waals surface area contributed by atoms with Crippen LogP contribution >= 0.6 is 0 Å². The minimum absolute atomic E-state index is 0.0644. The van der Waals surface area contributed by atoms with E-state index >= 15 is 0 Å². The molecule has 152 valence electrons. The second kappa shape index (κ2) is 8.28. The van der Waals surface area contributed by atoms with Gasteiger partial charge in [0.05, 0.1) is 18.3 Å². The Morgan fingerprint density at radius 3 is 2.83 bits per heavy atom. The molecule has 1 aromatic carbocycles. The summed E-state index contributed by atoms with van der Waals surface area (Å²) in [6.45, 7) is 1.76. The Labute approximate surface area is 170 Å². The van der Waals surface area contributed by atoms with E-state index in [-0.39, 0.29) is 30.8 Å². The fourth-order valence-electron chi connectivity index (χ4n) is 2.99. The zero-order chi connectivity index (χ0) is 21.1. The Balaban J connectivity index is 1.35. The van der Waals surface area contributed by atoms with Gasteiger partial charge in [0.1, 0.15) is 18.1 Å². The van der Waals surface area contributed by atoms with E-state index in [0.717, 1.165) is 5.56 Å². The topological polar surface area (TPSA) is 86.7 Å². The summed E-state index contributed by atoms with van der Waals surface area (Å²) in [5, 5.41) is 0. The van der Waals surface area contributed by atoms with E-state index < -0.39 is 5.97 Å². The summed E-state index contributed by atoms with van der Waals surface area (Å²) in [5.74, 6) is 0.0851. The first-order valence-electron chi connectivity index (χ1n) is 9.34. The van der Waals surface area contributed by atoms with Crippen molar-refractivity contribution in [3.05, 3.63) is 88.2 Å². The summed E-state index contributed by atoms with van der Waals surface area (Å²) in [6.07, 6.45) is 3.49. The maximum atomic E-state index is 13.0. The van der Waals surface area contributed by atoms with Gasteiger partial charge in [-0.2, -0.15) is 0 Å². The number of oxazole rings is 1. The number of nitrogens with zero attached hydrogens (tertiary/aromatic N) is 3. The van der Waals surface area contributed by atoms with Crippen molar-refractivity contribution < 1.29 is 18.3 Å². The maximum absolute atomic E-state index is 13.0. The first-order chi connectivity index (χ1) is 14.5. The normalized spacial score (nSPS) is 11.0. The second-order valence-electron chi connectivity index (χ2n) is 6.76. The molecule has 4 rings (SSSR count). The minimum atomic E-state index is -0.455. The fourth-order valence-corrected chi connectivity index (χ4v) is 2.99. The largest absolute Gasteiger partial charge is 0.459 e. The number of pyridine rings is 1. The van der Waals surface area contributed by atoms with Crippen LogP contribution in [-0.2, 0) is 22.6 Å². The SMILES string of the molecule is Cc1cccn2c(=O)cc(COC(=O)CCc3ncc(-c4ccc(F)cc4)o3)nc12. The van der Waals surface area contributed by atoms with E-state index in [4.69, 9.17) is 9.15 Å². The minimum Gasteiger partial charge on any atom is -0.459 e. The third kappa shape index (κ3) is 4.27. The molecule has 3 aromatic heterocycles. The van der Waals surface area contributed by atoms with Gasteiger partial charge < -0.3 is 9.15 Å². The maximum Gasteiger partial charge on any atom is 0.306 e. The van der Waals surface area contributed by atoms with Gasteiger partial charge in [-0.3, -0.25) is 14.0 Å². The average molecular weight is 407 g/mol. The van der Waals surface area contributed by atoms with E-state index in [0.29, 0.717) is 28.6 Å². The number of aromatic nitrogens is 3. The Kier molecular flexibility index (Phi) is 5.38. The summed E-state index contributed by atoms with van der Waals surface area (Å²) in [7, 11) is 0. The molecule has 0 fully saturated rings. The van der Waals surface area contributed by atoms with Crippen molar-refractivity contribution >= 4 is 11.6 Å². The molecule has 4 aromatic rings. The average Bonchev–Trinajstić information content (AvgIpc) is 3.21. The lowest BCUT2D eigenvalue weighted by Gasteiger charge is -2.07. The molecule has 0 aliphatic heterocycles. The predicted molar refractivity (Wildman–Crippen MR) is 106 cm³/mol. The van der Waals surface area contributed by atoms with E-state index in [1.807, 2.05) is 13.0 Å². The van der Waals surface area contributed by atoms with Crippen molar-refractivity contribution in [3.63, 3.8) is 0 Å². The van der Waals surface area contributed by atoms with Crippen LogP contribution in [0.5, 0.6) is 0 Å². The van der Waals surface area contributed by atoms with Crippen LogP contribution in [0, 0.1) is 12.7 Å². The third-order valence-electron chi connectivity index (χ3n) is 4.55. The number of hydrogen-bond acceptors (Lipinski definition) is 6. The van der Waals surface area contributed by atoms with Gasteiger partial charge in [0.25, 0.3) is 5.56 Å². The zero-order valence-electron chi connectivity index (χ0n) is 16.2. The van der Waals surface area contributed by atoms with E-state index in [1.165, 1.54) is 28.8 Å². The van der Waals surface area contributed by atoms with Crippen LogP contribution in [0.15, 0.2) is 64.1 Å². The van der Waals surface area contributed by atoms with Crippen LogP contribution in [0.25, 0.3) is 17.0 Å². The highest BCUT2D eigenvalue weighted by molar-refractivity contribution is 5.69. The molecule has 8 heteroatoms. The molecule has 7 nitrogen and oxygen atoms in total. The lowest BCUT2D eigenvalue weighted by Crippen LogP contribution is -2.17. The summed E-state index contributed by atoms with van der Waals surface area (Å²) >= 11 is 0. The number of hydrogen-bond donors (Lipinski definition) is 0. The van der Waals surface area contributed by atoms with Crippen molar-refractivity contribution in [1.82, 2.24) is 14.4 Å². The second-order valence-corrected chi connectivity index (χ2v) is 6.76. The quantitative estimate of drug-likeness (QED) is 0.455. The summed E-state index contributed by atoms with van der Waals surface area (Å²) in [6, 6.07) is 10.8. The molecule has 0 aliphatic carbocycles. The van der Waals surface area contributed by atoms with Crippen molar-refractivity contribution in [1.29, 1.82) is 0 Å². The number of esters is 1. The Bertz CT molecular complexity index is 1260. The molecule has 0 bridgehead atoms. The van der Waals surface area contributed by atoms with Gasteiger partial charge in [0, 0.05) is 24.2 Å². The number of carbonyl (C=O) groups excluding carboxylic acids is 1. The fraction of sp³-hybridized carbons (Fsp3) is 0.182. The summed E-state index contributed by atoms with van der Waals surface area (Å²) in [4.78, 5) is 32.8. The molecule has 0 N–H and O–H groups in total. The van der Waals surface area contributed by atoms with Crippen LogP contribution in [0.4, 0.5) is 4.39 Å². The highest BCUT2D eigenvalue weighted by Gasteiger charge is 2.11. The first-order valence-corrected chi connectivity index (χ1v) is 9.34. The lowest BCUT2D eigenvalue weighted by molar-refractivity contribution is -0.145. The number of benzene rings is 1. The monoisotopic (exact) mass is 407 g/mol. The zero-order valence-corrected chi connectivity index (χ0v) is 16.2. The van der Waals surface area contributed by atoms with Gasteiger partial charge in [0.2, 0.25) is 0 Å². The number of rotatable bonds is 6. The Morgan fingerprint density at radius 1 is 1.23 bits per heavy atom. The van der Waals surface area contributed by atoms with Gasteiger partial charge in [0.15, 0.2) is 11.7 Å². The molecule has 0 aliphatic rings. The van der Waals surface area contributed by atoms with E-state index in [9.17, 15) is 14.0 Å². The predicted octanol–water partition coefficient (Wildman–Crippen LogP) is 3.47. The van der Waals surface area contributed by atoms with Crippen molar-refractivity contribution in [3.8, 4) is 11.3 Å². The first kappa shape index (κ1) is 19.5. The molecule has 0 unspecified atom stereocenters. The van der Waals surface area contributed by atoms with Gasteiger partial charge >= 0.3 is 5.97 Å². The molecule has 3 heterocycles. The van der Waals surface area contributed by atoms with Crippen molar-refractivity contribution in [2.24, 2.45) is 0 Å². The highest BCUT2D eigenvalue weighted by atomic mass is 19.1. The molecule has 0 amide bonds. The molecule has 0 spiro atoms. The third-order valence-corrected chi connectivity index (χ3v) is 4.55. The molecule has 0 radical (unpaired) electrons. The highest BCUT2D eigenvalue weighted by Crippen LogP contribution is 2.21. The molecule has 0 saturated heterocycles. The van der Waals surface area contributed by atoms with Crippen molar-refractivity contribution in [2.45, 2.75) is 26.4 Å². The van der Waals surface area contributed by atoms with Crippen molar-refractivity contribution in [2.75, 3.05) is 0 Å². The smallest absolute Gasteiger partial charge is 0.306 e. The molecule has 0 atom stereocenters. The lowest BCUT2D eigenvalue weighted by atomic mass is 10.2. The van der Waals surface area contributed by atoms with E-state index in [1.54, 1.807) is 24.4 Å². The molecular formula is C22H18FN3O4. The standard InChI is InChI=1S/C22H18FN3O4/c1-14-3-2-10-26-20(27)11-17(25-22(14)26)13-29-21(28)9-8-19-24-12-18(30-19)15-4-6-16(23)7-5-15/h2-7,10-12H,8-9,13H2,1H3. The molecule has 0 saturated carbocycles. The molecular weight excluding hydrogens is 389 g/mol. The van der Waals surface area contributed by atoms with Gasteiger partial charge in [-0.05, 0) is 42.8 Å². The van der Waals surface area contributed by atoms with Gasteiger partial charge in [-0.15, -0.1) is 0 Å². The number of ether oxygens (including phenoxy) is 1. The van der Waals surface area contributed by atoms with Gasteiger partial charge in [-0.1, -0.05) is 6.07 Å². The number of aryl methyl sites for hydroxylation is 2. The van der Waals surface area contributed by atoms with Crippen LogP contribution in [-0.4, -0.2) is 20.3 Å². The number of halogens is 1. The molecule has 30 heavy (non-hydrogen) atoms. The number of fused-ring (bicyclic) bond motifs is 1. The number of carbonyl (C=O) groups is 1. The van der Waals surface area contributed by atoms with E-state index in [2.05, 4.69) is 9.97 Å². The Morgan fingerprint density at radius 2 is 2.03 bits per heavy atom. The Hall–Kier alpha value is -3.81.